The molecular formula is C20H21F6NO4S. The summed E-state index contributed by atoms with van der Waals surface area (Å²) in [4.78, 5) is 11.3. The molecule has 0 amide bonds. The SMILES string of the molecule is CCCc1c(OCCCCn2c(O)csc2=O)ccc2c1COC2(C(F)(F)F)C(F)(F)F. The maximum absolute atomic E-state index is 13.6. The van der Waals surface area contributed by atoms with Crippen LogP contribution in [0.4, 0.5) is 26.3 Å². The summed E-state index contributed by atoms with van der Waals surface area (Å²) in [5.74, 6) is 0.0764. The monoisotopic (exact) mass is 485 g/mol. The molecule has 1 aliphatic rings. The summed E-state index contributed by atoms with van der Waals surface area (Å²) in [6.07, 6.45) is -9.70. The van der Waals surface area contributed by atoms with E-state index in [0.717, 1.165) is 23.5 Å². The largest absolute Gasteiger partial charge is 0.494 e. The average molecular weight is 485 g/mol. The number of unbranched alkanes of at least 4 members (excludes halogenated alkanes) is 1. The highest BCUT2D eigenvalue weighted by molar-refractivity contribution is 7.07. The minimum atomic E-state index is -5.67. The van der Waals surface area contributed by atoms with Gasteiger partial charge in [-0.25, -0.2) is 0 Å². The molecule has 12 heteroatoms. The van der Waals surface area contributed by atoms with Gasteiger partial charge in [0.2, 0.25) is 5.88 Å². The van der Waals surface area contributed by atoms with E-state index >= 15 is 0 Å². The second kappa shape index (κ2) is 8.97. The Hall–Kier alpha value is -2.21. The Morgan fingerprint density at radius 1 is 1.19 bits per heavy atom. The molecule has 0 aliphatic carbocycles. The molecular weight excluding hydrogens is 464 g/mol. The van der Waals surface area contributed by atoms with Gasteiger partial charge in [0, 0.05) is 17.7 Å². The van der Waals surface area contributed by atoms with Gasteiger partial charge in [0.15, 0.2) is 0 Å². The lowest BCUT2D eigenvalue weighted by molar-refractivity contribution is -0.385. The topological polar surface area (TPSA) is 60.7 Å². The van der Waals surface area contributed by atoms with Crippen LogP contribution in [0, 0.1) is 0 Å². The first-order valence-corrected chi connectivity index (χ1v) is 10.7. The van der Waals surface area contributed by atoms with Crippen molar-refractivity contribution in [3.63, 3.8) is 0 Å². The van der Waals surface area contributed by atoms with Crippen molar-refractivity contribution >= 4 is 11.3 Å². The van der Waals surface area contributed by atoms with Gasteiger partial charge in [0.25, 0.3) is 5.60 Å². The van der Waals surface area contributed by atoms with Crippen molar-refractivity contribution < 1.29 is 40.9 Å². The van der Waals surface area contributed by atoms with E-state index in [-0.39, 0.29) is 47.2 Å². The molecule has 0 unspecified atom stereocenters. The number of halogens is 6. The molecule has 1 aliphatic heterocycles. The van der Waals surface area contributed by atoms with Crippen molar-refractivity contribution in [1.29, 1.82) is 0 Å². The summed E-state index contributed by atoms with van der Waals surface area (Å²) in [6, 6.07) is 1.90. The van der Waals surface area contributed by atoms with Crippen molar-refractivity contribution in [1.82, 2.24) is 4.57 Å². The van der Waals surface area contributed by atoms with Crippen molar-refractivity contribution in [2.75, 3.05) is 6.61 Å². The molecule has 0 atom stereocenters. The summed E-state index contributed by atoms with van der Waals surface area (Å²) in [5, 5.41) is 10.9. The molecule has 0 saturated heterocycles. The second-order valence-corrected chi connectivity index (χ2v) is 8.17. The molecule has 0 saturated carbocycles. The summed E-state index contributed by atoms with van der Waals surface area (Å²) < 4.78 is 92.6. The van der Waals surface area contributed by atoms with Gasteiger partial charge < -0.3 is 14.6 Å². The second-order valence-electron chi connectivity index (χ2n) is 7.35. The van der Waals surface area contributed by atoms with Crippen LogP contribution in [0.5, 0.6) is 11.6 Å². The number of thiazole rings is 1. The Bertz CT molecular complexity index is 997. The lowest BCUT2D eigenvalue weighted by Crippen LogP contribution is -2.53. The molecule has 1 N–H and O–H groups in total. The fourth-order valence-electron chi connectivity index (χ4n) is 3.80. The number of ether oxygens (including phenoxy) is 2. The smallest absolute Gasteiger partial charge is 0.430 e. The van der Waals surface area contributed by atoms with Crippen LogP contribution >= 0.6 is 11.3 Å². The number of rotatable bonds is 8. The van der Waals surface area contributed by atoms with Gasteiger partial charge in [0.1, 0.15) is 5.75 Å². The summed E-state index contributed by atoms with van der Waals surface area (Å²) in [7, 11) is 0. The first-order chi connectivity index (χ1) is 14.9. The Morgan fingerprint density at radius 3 is 2.44 bits per heavy atom. The zero-order valence-corrected chi connectivity index (χ0v) is 17.8. The molecule has 178 valence electrons. The molecule has 0 spiro atoms. The van der Waals surface area contributed by atoms with Crippen LogP contribution in [0.1, 0.15) is 42.9 Å². The van der Waals surface area contributed by atoms with E-state index in [4.69, 9.17) is 4.74 Å². The highest BCUT2D eigenvalue weighted by Gasteiger charge is 2.75. The third kappa shape index (κ3) is 4.21. The molecule has 32 heavy (non-hydrogen) atoms. The van der Waals surface area contributed by atoms with Gasteiger partial charge in [-0.05, 0) is 30.9 Å². The summed E-state index contributed by atoms with van der Waals surface area (Å²) in [5.41, 5.74) is -5.17. The standard InChI is InChI=1S/C20H21F6NO4S/c1-2-5-12-13-10-31-18(19(21,22)23,20(24,25)26)14(13)6-7-15(12)30-9-4-3-8-27-16(28)11-32-17(27)29/h6-7,11,28H,2-5,8-10H2,1H3. The van der Waals surface area contributed by atoms with E-state index in [1.807, 2.05) is 0 Å². The average Bonchev–Trinajstić information content (AvgIpc) is 3.24. The van der Waals surface area contributed by atoms with Crippen molar-refractivity contribution in [2.45, 2.75) is 63.7 Å². The number of aromatic nitrogens is 1. The maximum atomic E-state index is 13.6. The van der Waals surface area contributed by atoms with Crippen LogP contribution in [0.3, 0.4) is 0 Å². The summed E-state index contributed by atoms with van der Waals surface area (Å²) >= 11 is 0.868. The van der Waals surface area contributed by atoms with Crippen LogP contribution in [-0.2, 0) is 29.9 Å². The fraction of sp³-hybridized carbons (Fsp3) is 0.550. The van der Waals surface area contributed by atoms with Gasteiger partial charge in [-0.1, -0.05) is 30.7 Å². The predicted octanol–water partition coefficient (Wildman–Crippen LogP) is 5.28. The van der Waals surface area contributed by atoms with Gasteiger partial charge in [-0.2, -0.15) is 26.3 Å². The lowest BCUT2D eigenvalue weighted by Gasteiger charge is -2.33. The van der Waals surface area contributed by atoms with Crippen molar-refractivity contribution in [3.05, 3.63) is 43.9 Å². The predicted molar refractivity (Wildman–Crippen MR) is 104 cm³/mol. The highest BCUT2D eigenvalue weighted by Crippen LogP contribution is 2.58. The van der Waals surface area contributed by atoms with Crippen LogP contribution in [0.15, 0.2) is 22.3 Å². The molecule has 2 aromatic rings. The van der Waals surface area contributed by atoms with E-state index in [0.29, 0.717) is 19.3 Å². The third-order valence-corrected chi connectivity index (χ3v) is 6.05. The number of alkyl halides is 6. The molecule has 0 bridgehead atoms. The number of hydrogen-bond acceptors (Lipinski definition) is 5. The molecule has 2 heterocycles. The first kappa shape index (κ1) is 24.4. The van der Waals surface area contributed by atoms with Crippen LogP contribution in [-0.4, -0.2) is 28.6 Å². The Morgan fingerprint density at radius 2 is 1.88 bits per heavy atom. The van der Waals surface area contributed by atoms with Gasteiger partial charge in [-0.3, -0.25) is 9.36 Å². The van der Waals surface area contributed by atoms with Gasteiger partial charge >= 0.3 is 17.2 Å². The van der Waals surface area contributed by atoms with Crippen LogP contribution in [0.25, 0.3) is 0 Å². The molecule has 1 aromatic heterocycles. The number of fused-ring (bicyclic) bond motifs is 1. The minimum Gasteiger partial charge on any atom is -0.494 e. The number of benzene rings is 1. The molecule has 0 fully saturated rings. The Labute approximate surface area is 183 Å². The van der Waals surface area contributed by atoms with Gasteiger partial charge in [0.05, 0.1) is 18.6 Å². The maximum Gasteiger partial charge on any atom is 0.430 e. The zero-order chi connectivity index (χ0) is 23.7. The quantitative estimate of drug-likeness (QED) is 0.409. The molecule has 1 aromatic carbocycles. The van der Waals surface area contributed by atoms with E-state index < -0.39 is 30.1 Å². The molecule has 5 nitrogen and oxygen atoms in total. The first-order valence-electron chi connectivity index (χ1n) is 9.86. The summed E-state index contributed by atoms with van der Waals surface area (Å²) in [6.45, 7) is 1.34. The van der Waals surface area contributed by atoms with E-state index in [1.54, 1.807) is 6.92 Å². The van der Waals surface area contributed by atoms with Crippen LogP contribution in [0.2, 0.25) is 0 Å². The van der Waals surface area contributed by atoms with E-state index in [2.05, 4.69) is 4.74 Å². The third-order valence-electron chi connectivity index (χ3n) is 5.29. The number of aromatic hydroxyl groups is 1. The van der Waals surface area contributed by atoms with Crippen molar-refractivity contribution in [2.24, 2.45) is 0 Å². The highest BCUT2D eigenvalue weighted by atomic mass is 32.1. The Balaban J connectivity index is 1.79. The molecule has 3 rings (SSSR count). The molecule has 0 radical (unpaired) electrons. The number of nitrogens with zero attached hydrogens (tertiary/aromatic N) is 1. The van der Waals surface area contributed by atoms with E-state index in [1.165, 1.54) is 9.95 Å². The van der Waals surface area contributed by atoms with Crippen LogP contribution < -0.4 is 9.61 Å². The lowest BCUT2D eigenvalue weighted by atomic mass is 9.87. The zero-order valence-electron chi connectivity index (χ0n) is 17.0. The van der Waals surface area contributed by atoms with E-state index in [9.17, 15) is 36.2 Å². The number of hydrogen-bond donors (Lipinski definition) is 1. The van der Waals surface area contributed by atoms with Crippen molar-refractivity contribution in [3.8, 4) is 11.6 Å². The minimum absolute atomic E-state index is 0.136. The van der Waals surface area contributed by atoms with Gasteiger partial charge in [-0.15, -0.1) is 0 Å². The fourth-order valence-corrected chi connectivity index (χ4v) is 4.44. The normalized spacial score (nSPS) is 15.7. The Kier molecular flexibility index (Phi) is 6.85.